The lowest BCUT2D eigenvalue weighted by molar-refractivity contribution is -0.152. The summed E-state index contributed by atoms with van der Waals surface area (Å²) in [6, 6.07) is 11.2. The van der Waals surface area contributed by atoms with E-state index in [1.54, 1.807) is 45.0 Å². The standard InChI is InChI=1S/C27H25F4NO4/c1-27(2,3)36-24(33)15-32(26(34)25-21(30)12-19(29)13-22(25)31)20-7-5-6-16(11-20)10-17-8-9-18(28)14-23(17)35-4/h5-9,11-14H,10,15H2,1-4H3. The molecule has 0 bridgehead atoms. The summed E-state index contributed by atoms with van der Waals surface area (Å²) in [4.78, 5) is 26.7. The summed E-state index contributed by atoms with van der Waals surface area (Å²) in [7, 11) is 1.40. The summed E-state index contributed by atoms with van der Waals surface area (Å²) in [5, 5.41) is 0. The van der Waals surface area contributed by atoms with Crippen LogP contribution in [-0.2, 0) is 16.0 Å². The van der Waals surface area contributed by atoms with E-state index in [1.807, 2.05) is 0 Å². The third-order valence-corrected chi connectivity index (χ3v) is 5.04. The summed E-state index contributed by atoms with van der Waals surface area (Å²) in [6.45, 7) is 4.24. The van der Waals surface area contributed by atoms with Crippen LogP contribution in [0.2, 0.25) is 0 Å². The molecule has 0 heterocycles. The molecular formula is C27H25F4NO4. The van der Waals surface area contributed by atoms with E-state index in [4.69, 9.17) is 9.47 Å². The fourth-order valence-corrected chi connectivity index (χ4v) is 3.58. The van der Waals surface area contributed by atoms with Crippen molar-refractivity contribution in [3.05, 3.63) is 94.6 Å². The molecule has 3 aromatic carbocycles. The molecule has 5 nitrogen and oxygen atoms in total. The van der Waals surface area contributed by atoms with Gasteiger partial charge in [-0.3, -0.25) is 14.5 Å². The number of carbonyl (C=O) groups excluding carboxylic acids is 2. The Labute approximate surface area is 206 Å². The van der Waals surface area contributed by atoms with Crippen molar-refractivity contribution in [2.24, 2.45) is 0 Å². The second-order valence-electron chi connectivity index (χ2n) is 9.03. The normalized spacial score (nSPS) is 11.2. The molecule has 190 valence electrons. The second-order valence-corrected chi connectivity index (χ2v) is 9.03. The molecule has 3 aromatic rings. The summed E-state index contributed by atoms with van der Waals surface area (Å²) in [6.07, 6.45) is 0.269. The highest BCUT2D eigenvalue weighted by atomic mass is 19.1. The SMILES string of the molecule is COc1cc(F)ccc1Cc1cccc(N(CC(=O)OC(C)(C)C)C(=O)c2c(F)cc(F)cc2F)c1. The molecular weight excluding hydrogens is 478 g/mol. The highest BCUT2D eigenvalue weighted by Crippen LogP contribution is 2.27. The van der Waals surface area contributed by atoms with Gasteiger partial charge in [0.2, 0.25) is 0 Å². The Morgan fingerprint density at radius 2 is 1.56 bits per heavy atom. The van der Waals surface area contributed by atoms with Gasteiger partial charge in [0.05, 0.1) is 7.11 Å². The van der Waals surface area contributed by atoms with Gasteiger partial charge in [0.15, 0.2) is 0 Å². The number of anilines is 1. The topological polar surface area (TPSA) is 55.8 Å². The van der Waals surface area contributed by atoms with E-state index in [0.29, 0.717) is 29.0 Å². The van der Waals surface area contributed by atoms with E-state index >= 15 is 0 Å². The third kappa shape index (κ3) is 6.62. The number of hydrogen-bond donors (Lipinski definition) is 0. The van der Waals surface area contributed by atoms with Gasteiger partial charge in [-0.25, -0.2) is 17.6 Å². The molecule has 0 fully saturated rings. The van der Waals surface area contributed by atoms with Crippen LogP contribution in [0.15, 0.2) is 54.6 Å². The van der Waals surface area contributed by atoms with Gasteiger partial charge in [-0.05, 0) is 50.1 Å². The number of esters is 1. The van der Waals surface area contributed by atoms with Crippen LogP contribution in [-0.4, -0.2) is 31.1 Å². The molecule has 0 saturated heterocycles. The van der Waals surface area contributed by atoms with Crippen LogP contribution in [0.1, 0.15) is 42.3 Å². The minimum absolute atomic E-state index is 0.146. The van der Waals surface area contributed by atoms with Gasteiger partial charge in [-0.15, -0.1) is 0 Å². The molecule has 0 spiro atoms. The molecule has 0 radical (unpaired) electrons. The highest BCUT2D eigenvalue weighted by Gasteiger charge is 2.29. The first-order chi connectivity index (χ1) is 16.9. The summed E-state index contributed by atoms with van der Waals surface area (Å²) in [5.74, 6) is -6.15. The van der Waals surface area contributed by atoms with Gasteiger partial charge in [0.1, 0.15) is 46.7 Å². The molecule has 36 heavy (non-hydrogen) atoms. The van der Waals surface area contributed by atoms with Crippen LogP contribution in [0.3, 0.4) is 0 Å². The first-order valence-electron chi connectivity index (χ1n) is 11.0. The van der Waals surface area contributed by atoms with Crippen LogP contribution >= 0.6 is 0 Å². The average molecular weight is 503 g/mol. The molecule has 0 aliphatic rings. The molecule has 0 aromatic heterocycles. The lowest BCUT2D eigenvalue weighted by atomic mass is 10.0. The Morgan fingerprint density at radius 3 is 2.17 bits per heavy atom. The van der Waals surface area contributed by atoms with Gasteiger partial charge in [0.25, 0.3) is 5.91 Å². The largest absolute Gasteiger partial charge is 0.496 e. The zero-order valence-corrected chi connectivity index (χ0v) is 20.2. The number of ether oxygens (including phenoxy) is 2. The van der Waals surface area contributed by atoms with E-state index in [0.717, 1.165) is 4.90 Å². The van der Waals surface area contributed by atoms with Crippen molar-refractivity contribution in [2.75, 3.05) is 18.6 Å². The molecule has 0 N–H and O–H groups in total. The minimum atomic E-state index is -1.40. The predicted molar refractivity (Wildman–Crippen MR) is 126 cm³/mol. The van der Waals surface area contributed by atoms with Gasteiger partial charge < -0.3 is 9.47 Å². The lowest BCUT2D eigenvalue weighted by Gasteiger charge is -2.26. The van der Waals surface area contributed by atoms with E-state index < -0.39 is 52.9 Å². The van der Waals surface area contributed by atoms with Crippen molar-refractivity contribution in [2.45, 2.75) is 32.8 Å². The van der Waals surface area contributed by atoms with E-state index in [2.05, 4.69) is 0 Å². The van der Waals surface area contributed by atoms with Crippen molar-refractivity contribution in [1.82, 2.24) is 0 Å². The highest BCUT2D eigenvalue weighted by molar-refractivity contribution is 6.08. The van der Waals surface area contributed by atoms with Crippen LogP contribution in [0.25, 0.3) is 0 Å². The van der Waals surface area contributed by atoms with Gasteiger partial charge in [-0.1, -0.05) is 18.2 Å². The number of benzene rings is 3. The number of carbonyl (C=O) groups is 2. The lowest BCUT2D eigenvalue weighted by Crippen LogP contribution is -2.39. The molecule has 0 aliphatic carbocycles. The maximum absolute atomic E-state index is 14.4. The third-order valence-electron chi connectivity index (χ3n) is 5.04. The number of nitrogens with zero attached hydrogens (tertiary/aromatic N) is 1. The van der Waals surface area contributed by atoms with Crippen LogP contribution in [0.4, 0.5) is 23.2 Å². The molecule has 1 amide bonds. The van der Waals surface area contributed by atoms with Gasteiger partial charge in [0, 0.05) is 30.3 Å². The average Bonchev–Trinajstić information content (AvgIpc) is 2.77. The fraction of sp³-hybridized carbons (Fsp3) is 0.259. The number of amides is 1. The number of rotatable bonds is 7. The Bertz CT molecular complexity index is 1260. The zero-order valence-electron chi connectivity index (χ0n) is 20.2. The van der Waals surface area contributed by atoms with Crippen molar-refractivity contribution < 1.29 is 36.6 Å². The Hall–Kier alpha value is -3.88. The van der Waals surface area contributed by atoms with Crippen molar-refractivity contribution in [3.8, 4) is 5.75 Å². The molecule has 0 saturated carbocycles. The Kier molecular flexibility index (Phi) is 8.02. The maximum Gasteiger partial charge on any atom is 0.326 e. The Morgan fingerprint density at radius 1 is 0.889 bits per heavy atom. The first kappa shape index (κ1) is 26.7. The minimum Gasteiger partial charge on any atom is -0.496 e. The molecule has 9 heteroatoms. The smallest absolute Gasteiger partial charge is 0.326 e. The second kappa shape index (κ2) is 10.8. The van der Waals surface area contributed by atoms with Gasteiger partial charge >= 0.3 is 5.97 Å². The van der Waals surface area contributed by atoms with E-state index in [-0.39, 0.29) is 12.1 Å². The number of methoxy groups -OCH3 is 1. The molecule has 0 unspecified atom stereocenters. The van der Waals surface area contributed by atoms with Crippen molar-refractivity contribution in [3.63, 3.8) is 0 Å². The molecule has 0 aliphatic heterocycles. The number of hydrogen-bond acceptors (Lipinski definition) is 4. The summed E-state index contributed by atoms with van der Waals surface area (Å²) in [5.41, 5.74) is -0.451. The monoisotopic (exact) mass is 503 g/mol. The van der Waals surface area contributed by atoms with Crippen molar-refractivity contribution >= 4 is 17.6 Å². The van der Waals surface area contributed by atoms with Crippen LogP contribution in [0.5, 0.6) is 5.75 Å². The summed E-state index contributed by atoms with van der Waals surface area (Å²) < 4.78 is 66.4. The first-order valence-corrected chi connectivity index (χ1v) is 11.0. The zero-order chi connectivity index (χ0) is 26.6. The predicted octanol–water partition coefficient (Wildman–Crippen LogP) is 5.83. The van der Waals surface area contributed by atoms with E-state index in [1.165, 1.54) is 25.3 Å². The van der Waals surface area contributed by atoms with Crippen LogP contribution in [0, 0.1) is 23.3 Å². The molecule has 3 rings (SSSR count). The Balaban J connectivity index is 2.02. The van der Waals surface area contributed by atoms with Crippen molar-refractivity contribution in [1.29, 1.82) is 0 Å². The quantitative estimate of drug-likeness (QED) is 0.301. The number of halogens is 4. The molecule has 0 atom stereocenters. The van der Waals surface area contributed by atoms with E-state index in [9.17, 15) is 27.2 Å². The fourth-order valence-electron chi connectivity index (χ4n) is 3.58. The maximum atomic E-state index is 14.4. The van der Waals surface area contributed by atoms with Gasteiger partial charge in [-0.2, -0.15) is 0 Å². The van der Waals surface area contributed by atoms with Crippen LogP contribution < -0.4 is 9.64 Å². The summed E-state index contributed by atoms with van der Waals surface area (Å²) >= 11 is 0.